The Labute approximate surface area is 117 Å². The van der Waals surface area contributed by atoms with Crippen LogP contribution in [0.3, 0.4) is 0 Å². The molecule has 110 valence electrons. The van der Waals surface area contributed by atoms with Crippen molar-refractivity contribution in [2.24, 2.45) is 0 Å². The largest absolute Gasteiger partial charge is 0.478 e. The minimum absolute atomic E-state index is 0.000534. The van der Waals surface area contributed by atoms with Crippen LogP contribution >= 0.6 is 0 Å². The Hall–Kier alpha value is -2.97. The minimum Gasteiger partial charge on any atom is -0.478 e. The second-order valence-electron chi connectivity index (χ2n) is 4.13. The number of carbonyl (C=O) groups is 1. The summed E-state index contributed by atoms with van der Waals surface area (Å²) >= 11 is 0. The van der Waals surface area contributed by atoms with E-state index in [4.69, 9.17) is 9.52 Å². The highest BCUT2D eigenvalue weighted by Crippen LogP contribution is 2.28. The van der Waals surface area contributed by atoms with E-state index in [1.54, 1.807) is 6.92 Å². The highest BCUT2D eigenvalue weighted by Gasteiger charge is 2.22. The van der Waals surface area contributed by atoms with Crippen LogP contribution in [-0.2, 0) is 6.54 Å². The monoisotopic (exact) mass is 295 g/mol. The third-order valence-corrected chi connectivity index (χ3v) is 2.61. The fourth-order valence-electron chi connectivity index (χ4n) is 1.67. The Kier molecular flexibility index (Phi) is 3.83. The molecule has 0 aliphatic rings. The van der Waals surface area contributed by atoms with Crippen molar-refractivity contribution in [2.75, 3.05) is 5.32 Å². The van der Waals surface area contributed by atoms with Gasteiger partial charge in [-0.05, 0) is 6.92 Å². The molecule has 1 aromatic carbocycles. The number of anilines is 1. The summed E-state index contributed by atoms with van der Waals surface area (Å²) in [5, 5.41) is 22.3. The van der Waals surface area contributed by atoms with Crippen molar-refractivity contribution in [3.8, 4) is 0 Å². The molecule has 0 aliphatic heterocycles. The molecule has 0 radical (unpaired) electrons. The first kappa shape index (κ1) is 14.4. The third-order valence-electron chi connectivity index (χ3n) is 2.61. The summed E-state index contributed by atoms with van der Waals surface area (Å²) in [5.74, 6) is -1.82. The van der Waals surface area contributed by atoms with Crippen molar-refractivity contribution in [3.63, 3.8) is 0 Å². The summed E-state index contributed by atoms with van der Waals surface area (Å²) in [7, 11) is 0. The number of aryl methyl sites for hydroxylation is 1. The van der Waals surface area contributed by atoms with E-state index in [9.17, 15) is 19.3 Å². The predicted octanol–water partition coefficient (Wildman–Crippen LogP) is 2.34. The van der Waals surface area contributed by atoms with Crippen LogP contribution in [0.15, 0.2) is 22.7 Å². The highest BCUT2D eigenvalue weighted by molar-refractivity contribution is 5.90. The molecule has 0 saturated carbocycles. The Bertz CT molecular complexity index is 713. The molecule has 2 N–H and O–H groups in total. The molecule has 0 spiro atoms. The number of aromatic nitrogens is 1. The van der Waals surface area contributed by atoms with Gasteiger partial charge >= 0.3 is 5.97 Å². The zero-order chi connectivity index (χ0) is 15.6. The van der Waals surface area contributed by atoms with Gasteiger partial charge in [-0.3, -0.25) is 10.1 Å². The quantitative estimate of drug-likeness (QED) is 0.641. The van der Waals surface area contributed by atoms with Crippen LogP contribution in [0.1, 0.15) is 22.0 Å². The van der Waals surface area contributed by atoms with Crippen molar-refractivity contribution < 1.29 is 23.6 Å². The van der Waals surface area contributed by atoms with Crippen LogP contribution in [0.25, 0.3) is 0 Å². The van der Waals surface area contributed by atoms with Gasteiger partial charge in [-0.25, -0.2) is 14.2 Å². The lowest BCUT2D eigenvalue weighted by atomic mass is 10.1. The summed E-state index contributed by atoms with van der Waals surface area (Å²) in [4.78, 5) is 24.8. The molecule has 2 aromatic rings. The lowest BCUT2D eigenvalue weighted by Crippen LogP contribution is -2.07. The van der Waals surface area contributed by atoms with Gasteiger partial charge in [0.1, 0.15) is 22.8 Å². The van der Waals surface area contributed by atoms with Gasteiger partial charge in [0, 0.05) is 12.1 Å². The van der Waals surface area contributed by atoms with Gasteiger partial charge in [-0.15, -0.1) is 0 Å². The van der Waals surface area contributed by atoms with Gasteiger partial charge < -0.3 is 14.8 Å². The highest BCUT2D eigenvalue weighted by atomic mass is 19.1. The number of carboxylic acid groups (broad SMARTS) is 1. The van der Waals surface area contributed by atoms with Crippen LogP contribution in [0, 0.1) is 22.9 Å². The van der Waals surface area contributed by atoms with Crippen LogP contribution < -0.4 is 5.32 Å². The maximum absolute atomic E-state index is 13.6. The predicted molar refractivity (Wildman–Crippen MR) is 68.6 cm³/mol. The number of halogens is 1. The minimum atomic E-state index is -1.58. The molecule has 0 aliphatic carbocycles. The molecule has 0 fully saturated rings. The molecule has 0 bridgehead atoms. The summed E-state index contributed by atoms with van der Waals surface area (Å²) in [6, 6.07) is 1.43. The summed E-state index contributed by atoms with van der Waals surface area (Å²) < 4.78 is 18.8. The van der Waals surface area contributed by atoms with Crippen molar-refractivity contribution in [1.29, 1.82) is 0 Å². The number of benzene rings is 1. The molecule has 0 atom stereocenters. The van der Waals surface area contributed by atoms with E-state index in [0.29, 0.717) is 11.8 Å². The van der Waals surface area contributed by atoms with Crippen molar-refractivity contribution in [2.45, 2.75) is 13.5 Å². The SMILES string of the molecule is Cc1cnc(CNc2cc(F)c(C(=O)O)cc2[N+](=O)[O-])o1. The molecule has 9 heteroatoms. The number of nitrogens with zero attached hydrogens (tertiary/aromatic N) is 2. The Balaban J connectivity index is 2.31. The van der Waals surface area contributed by atoms with Crippen molar-refractivity contribution >= 4 is 17.3 Å². The number of nitrogens with one attached hydrogen (secondary N) is 1. The number of aromatic carboxylic acids is 1. The Morgan fingerprint density at radius 2 is 2.29 bits per heavy atom. The number of carboxylic acids is 1. The first-order chi connectivity index (χ1) is 9.88. The number of oxazole rings is 1. The molecule has 0 saturated heterocycles. The van der Waals surface area contributed by atoms with Crippen molar-refractivity contribution in [3.05, 3.63) is 51.5 Å². The van der Waals surface area contributed by atoms with Crippen molar-refractivity contribution in [1.82, 2.24) is 4.98 Å². The average molecular weight is 295 g/mol. The van der Waals surface area contributed by atoms with Crippen LogP contribution in [0.5, 0.6) is 0 Å². The smallest absolute Gasteiger partial charge is 0.338 e. The van der Waals surface area contributed by atoms with E-state index in [2.05, 4.69) is 10.3 Å². The summed E-state index contributed by atoms with van der Waals surface area (Å²) in [5.41, 5.74) is -1.46. The molecule has 1 aromatic heterocycles. The molecular formula is C12H10FN3O5. The fraction of sp³-hybridized carbons (Fsp3) is 0.167. The van der Waals surface area contributed by atoms with Crippen LogP contribution in [0.2, 0.25) is 0 Å². The standard InChI is InChI=1S/C12H10FN3O5/c1-6-4-15-11(21-6)5-14-9-3-8(13)7(12(17)18)2-10(9)16(19)20/h2-4,14H,5H2,1H3,(H,17,18). The Morgan fingerprint density at radius 1 is 1.57 bits per heavy atom. The number of nitro benzene ring substituents is 1. The van der Waals surface area contributed by atoms with Gasteiger partial charge in [-0.2, -0.15) is 0 Å². The molecule has 2 rings (SSSR count). The first-order valence-corrected chi connectivity index (χ1v) is 5.75. The zero-order valence-electron chi connectivity index (χ0n) is 10.8. The maximum Gasteiger partial charge on any atom is 0.338 e. The average Bonchev–Trinajstić information content (AvgIpc) is 2.81. The zero-order valence-corrected chi connectivity index (χ0v) is 10.8. The van der Waals surface area contributed by atoms with E-state index in [1.165, 1.54) is 6.20 Å². The maximum atomic E-state index is 13.6. The van der Waals surface area contributed by atoms with E-state index in [-0.39, 0.29) is 18.1 Å². The van der Waals surface area contributed by atoms with E-state index >= 15 is 0 Å². The second kappa shape index (κ2) is 5.57. The van der Waals surface area contributed by atoms with Crippen LogP contribution in [0.4, 0.5) is 15.8 Å². The van der Waals surface area contributed by atoms with Gasteiger partial charge in [-0.1, -0.05) is 0 Å². The second-order valence-corrected chi connectivity index (χ2v) is 4.13. The summed E-state index contributed by atoms with van der Waals surface area (Å²) in [6.45, 7) is 1.68. The topological polar surface area (TPSA) is 119 Å². The van der Waals surface area contributed by atoms with Crippen LogP contribution in [-0.4, -0.2) is 21.0 Å². The number of nitro groups is 1. The normalized spacial score (nSPS) is 10.4. The Morgan fingerprint density at radius 3 is 2.81 bits per heavy atom. The number of hydrogen-bond acceptors (Lipinski definition) is 6. The van der Waals surface area contributed by atoms with Gasteiger partial charge in [0.2, 0.25) is 5.89 Å². The van der Waals surface area contributed by atoms with E-state index in [1.807, 2.05) is 0 Å². The number of hydrogen-bond donors (Lipinski definition) is 2. The third kappa shape index (κ3) is 3.14. The number of rotatable bonds is 5. The molecule has 21 heavy (non-hydrogen) atoms. The molecule has 0 amide bonds. The van der Waals surface area contributed by atoms with E-state index < -0.39 is 28.0 Å². The van der Waals surface area contributed by atoms with Gasteiger partial charge in [0.05, 0.1) is 17.7 Å². The molecule has 0 unspecified atom stereocenters. The molecule has 1 heterocycles. The fourth-order valence-corrected chi connectivity index (χ4v) is 1.67. The molecule has 8 nitrogen and oxygen atoms in total. The molecular weight excluding hydrogens is 285 g/mol. The summed E-state index contributed by atoms with van der Waals surface area (Å²) in [6.07, 6.45) is 1.47. The van der Waals surface area contributed by atoms with Gasteiger partial charge in [0.25, 0.3) is 5.69 Å². The lowest BCUT2D eigenvalue weighted by Gasteiger charge is -2.07. The first-order valence-electron chi connectivity index (χ1n) is 5.75. The van der Waals surface area contributed by atoms with Gasteiger partial charge in [0.15, 0.2) is 0 Å². The lowest BCUT2D eigenvalue weighted by molar-refractivity contribution is -0.384. The van der Waals surface area contributed by atoms with E-state index in [0.717, 1.165) is 6.07 Å².